The summed E-state index contributed by atoms with van der Waals surface area (Å²) in [6, 6.07) is -0.622. The Bertz CT molecular complexity index is 591. The maximum atomic E-state index is 13.1. The number of rotatable bonds is 6. The van der Waals surface area contributed by atoms with Crippen LogP contribution in [0.4, 0.5) is 14.5 Å². The second kappa shape index (κ2) is 6.73. The number of amides is 1. The van der Waals surface area contributed by atoms with Crippen LogP contribution in [0, 0.1) is 21.7 Å². The average molecular weight is 302 g/mol. The van der Waals surface area contributed by atoms with Gasteiger partial charge in [0.05, 0.1) is 11.0 Å². The normalized spacial score (nSPS) is 11.8. The van der Waals surface area contributed by atoms with E-state index in [0.717, 1.165) is 0 Å². The van der Waals surface area contributed by atoms with E-state index in [-0.39, 0.29) is 12.5 Å². The van der Waals surface area contributed by atoms with Crippen molar-refractivity contribution in [3.63, 3.8) is 0 Å². The highest BCUT2D eigenvalue weighted by Gasteiger charge is 2.27. The number of carbonyl (C=O) groups is 2. The molecular formula is C12H12F2N2O5. The van der Waals surface area contributed by atoms with Crippen LogP contribution >= 0.6 is 0 Å². The monoisotopic (exact) mass is 302 g/mol. The molecule has 1 aromatic carbocycles. The van der Waals surface area contributed by atoms with E-state index < -0.39 is 45.7 Å². The lowest BCUT2D eigenvalue weighted by molar-refractivity contribution is -0.385. The van der Waals surface area contributed by atoms with Crippen LogP contribution in [0.25, 0.3) is 0 Å². The molecule has 1 amide bonds. The molecule has 2 N–H and O–H groups in total. The number of carboxylic acid groups (broad SMARTS) is 1. The van der Waals surface area contributed by atoms with Crippen LogP contribution in [0.5, 0.6) is 0 Å². The number of hydrogen-bond donors (Lipinski definition) is 2. The molecule has 0 saturated heterocycles. The molecule has 21 heavy (non-hydrogen) atoms. The van der Waals surface area contributed by atoms with Crippen molar-refractivity contribution in [1.82, 2.24) is 5.32 Å². The highest BCUT2D eigenvalue weighted by molar-refractivity contribution is 6.00. The van der Waals surface area contributed by atoms with Crippen LogP contribution < -0.4 is 5.32 Å². The predicted octanol–water partition coefficient (Wildman–Crippen LogP) is 1.86. The number of nitro groups is 1. The number of carbonyl (C=O) groups excluding carboxylic acids is 1. The van der Waals surface area contributed by atoms with E-state index in [1.54, 1.807) is 6.92 Å². The number of benzene rings is 1. The first kappa shape index (κ1) is 16.5. The molecule has 114 valence electrons. The molecular weight excluding hydrogens is 290 g/mol. The summed E-state index contributed by atoms with van der Waals surface area (Å²) in [5.41, 5.74) is -1.67. The van der Waals surface area contributed by atoms with Gasteiger partial charge in [0.25, 0.3) is 11.6 Å². The number of nitro benzene ring substituents is 1. The molecule has 0 heterocycles. The zero-order valence-corrected chi connectivity index (χ0v) is 10.9. The fourth-order valence-corrected chi connectivity index (χ4v) is 1.65. The SMILES string of the molecule is CCC[C@H](NC(=O)c1cc(F)c(F)cc1[N+](=O)[O-])C(=O)O. The second-order valence-corrected chi connectivity index (χ2v) is 4.19. The lowest BCUT2D eigenvalue weighted by Crippen LogP contribution is -2.40. The molecule has 0 aliphatic carbocycles. The van der Waals surface area contributed by atoms with Gasteiger partial charge in [0.15, 0.2) is 11.6 Å². The summed E-state index contributed by atoms with van der Waals surface area (Å²) in [7, 11) is 0. The van der Waals surface area contributed by atoms with Gasteiger partial charge in [0.1, 0.15) is 11.6 Å². The molecule has 0 bridgehead atoms. The van der Waals surface area contributed by atoms with Crippen molar-refractivity contribution in [3.8, 4) is 0 Å². The van der Waals surface area contributed by atoms with Crippen molar-refractivity contribution in [3.05, 3.63) is 39.4 Å². The summed E-state index contributed by atoms with van der Waals surface area (Å²) in [5.74, 6) is -5.38. The molecule has 0 aromatic heterocycles. The second-order valence-electron chi connectivity index (χ2n) is 4.19. The molecule has 1 aromatic rings. The average Bonchev–Trinajstić information content (AvgIpc) is 2.40. The summed E-state index contributed by atoms with van der Waals surface area (Å²) >= 11 is 0. The van der Waals surface area contributed by atoms with Gasteiger partial charge in [-0.3, -0.25) is 14.9 Å². The van der Waals surface area contributed by atoms with Crippen molar-refractivity contribution in [2.75, 3.05) is 0 Å². The molecule has 0 unspecified atom stereocenters. The maximum absolute atomic E-state index is 13.1. The van der Waals surface area contributed by atoms with Crippen LogP contribution in [-0.2, 0) is 4.79 Å². The Kier molecular flexibility index (Phi) is 5.28. The molecule has 1 rings (SSSR count). The molecule has 0 aliphatic heterocycles. The minimum Gasteiger partial charge on any atom is -0.480 e. The first-order valence-electron chi connectivity index (χ1n) is 5.95. The number of nitrogens with one attached hydrogen (secondary N) is 1. The van der Waals surface area contributed by atoms with Crippen LogP contribution in [0.1, 0.15) is 30.1 Å². The van der Waals surface area contributed by atoms with Crippen LogP contribution in [0.3, 0.4) is 0 Å². The van der Waals surface area contributed by atoms with Crippen molar-refractivity contribution >= 4 is 17.6 Å². The molecule has 0 radical (unpaired) electrons. The Morgan fingerprint density at radius 2 is 1.95 bits per heavy atom. The summed E-state index contributed by atoms with van der Waals surface area (Å²) in [4.78, 5) is 32.5. The third-order valence-electron chi connectivity index (χ3n) is 2.66. The number of halogens is 2. The summed E-state index contributed by atoms with van der Waals surface area (Å²) in [6.45, 7) is 1.68. The maximum Gasteiger partial charge on any atom is 0.326 e. The lowest BCUT2D eigenvalue weighted by Gasteiger charge is -2.13. The van der Waals surface area contributed by atoms with Crippen LogP contribution in [0.2, 0.25) is 0 Å². The van der Waals surface area contributed by atoms with Gasteiger partial charge in [0.2, 0.25) is 0 Å². The molecule has 7 nitrogen and oxygen atoms in total. The van der Waals surface area contributed by atoms with Crippen molar-refractivity contribution in [2.24, 2.45) is 0 Å². The van der Waals surface area contributed by atoms with Gasteiger partial charge in [-0.15, -0.1) is 0 Å². The molecule has 9 heteroatoms. The predicted molar refractivity (Wildman–Crippen MR) is 66.8 cm³/mol. The van der Waals surface area contributed by atoms with Gasteiger partial charge < -0.3 is 10.4 Å². The smallest absolute Gasteiger partial charge is 0.326 e. The van der Waals surface area contributed by atoms with E-state index in [4.69, 9.17) is 5.11 Å². The van der Waals surface area contributed by atoms with Crippen LogP contribution in [-0.4, -0.2) is 27.9 Å². The van der Waals surface area contributed by atoms with Gasteiger partial charge in [-0.1, -0.05) is 13.3 Å². The largest absolute Gasteiger partial charge is 0.480 e. The standard InChI is InChI=1S/C12H12F2N2O5/c1-2-3-9(12(18)19)15-11(17)6-4-7(13)8(14)5-10(6)16(20)21/h4-5,9H,2-3H2,1H3,(H,15,17)(H,18,19)/t9-/m0/s1. The molecule has 0 fully saturated rings. The zero-order valence-electron chi connectivity index (χ0n) is 10.9. The molecule has 0 saturated carbocycles. The van der Waals surface area contributed by atoms with E-state index in [0.29, 0.717) is 12.5 Å². The van der Waals surface area contributed by atoms with E-state index in [9.17, 15) is 28.5 Å². The molecule has 0 aliphatic rings. The van der Waals surface area contributed by atoms with Gasteiger partial charge >= 0.3 is 5.97 Å². The first-order chi connectivity index (χ1) is 9.77. The Balaban J connectivity index is 3.14. The lowest BCUT2D eigenvalue weighted by atomic mass is 10.1. The third kappa shape index (κ3) is 3.94. The van der Waals surface area contributed by atoms with E-state index in [1.165, 1.54) is 0 Å². The third-order valence-corrected chi connectivity index (χ3v) is 2.66. The van der Waals surface area contributed by atoms with Gasteiger partial charge in [-0.25, -0.2) is 13.6 Å². The minimum atomic E-state index is -1.47. The number of carboxylic acids is 1. The van der Waals surface area contributed by atoms with Gasteiger partial charge in [-0.05, 0) is 12.5 Å². The zero-order chi connectivity index (χ0) is 16.2. The van der Waals surface area contributed by atoms with Gasteiger partial charge in [-0.2, -0.15) is 0 Å². The van der Waals surface area contributed by atoms with E-state index >= 15 is 0 Å². The summed E-state index contributed by atoms with van der Waals surface area (Å²) in [6.07, 6.45) is 0.537. The number of nitrogens with zero attached hydrogens (tertiary/aromatic N) is 1. The fraction of sp³-hybridized carbons (Fsp3) is 0.333. The van der Waals surface area contributed by atoms with Crippen molar-refractivity contribution in [2.45, 2.75) is 25.8 Å². The fourth-order valence-electron chi connectivity index (χ4n) is 1.65. The summed E-state index contributed by atoms with van der Waals surface area (Å²) in [5, 5.41) is 21.7. The summed E-state index contributed by atoms with van der Waals surface area (Å²) < 4.78 is 26.1. The minimum absolute atomic E-state index is 0.0958. The Hall–Kier alpha value is -2.58. The molecule has 1 atom stereocenters. The number of hydrogen-bond acceptors (Lipinski definition) is 4. The quantitative estimate of drug-likeness (QED) is 0.615. The topological polar surface area (TPSA) is 110 Å². The van der Waals surface area contributed by atoms with Crippen molar-refractivity contribution < 1.29 is 28.4 Å². The Labute approximate surface area is 117 Å². The Morgan fingerprint density at radius 3 is 2.43 bits per heavy atom. The van der Waals surface area contributed by atoms with Gasteiger partial charge in [0, 0.05) is 0 Å². The number of aliphatic carboxylic acids is 1. The van der Waals surface area contributed by atoms with E-state index in [2.05, 4.69) is 0 Å². The first-order valence-corrected chi connectivity index (χ1v) is 5.95. The molecule has 0 spiro atoms. The van der Waals surface area contributed by atoms with Crippen molar-refractivity contribution in [1.29, 1.82) is 0 Å². The van der Waals surface area contributed by atoms with E-state index in [1.807, 2.05) is 5.32 Å². The van der Waals surface area contributed by atoms with Crippen LogP contribution in [0.15, 0.2) is 12.1 Å². The highest BCUT2D eigenvalue weighted by atomic mass is 19.2. The Morgan fingerprint density at radius 1 is 1.38 bits per heavy atom. The highest BCUT2D eigenvalue weighted by Crippen LogP contribution is 2.22.